The molecule has 2 heteroatoms. The minimum Gasteiger partial charge on any atom is -0.456 e. The molecule has 0 aromatic rings. The number of ether oxygens (including phenoxy) is 1. The van der Waals surface area contributed by atoms with Crippen LogP contribution in [0.3, 0.4) is 0 Å². The second-order valence-electron chi connectivity index (χ2n) is 5.67. The van der Waals surface area contributed by atoms with Crippen LogP contribution < -0.4 is 0 Å². The molecule has 0 aliphatic heterocycles. The van der Waals surface area contributed by atoms with Crippen molar-refractivity contribution in [2.24, 2.45) is 5.41 Å². The first-order valence-electron chi connectivity index (χ1n) is 6.03. The highest BCUT2D eigenvalue weighted by Crippen LogP contribution is 2.38. The zero-order valence-electron chi connectivity index (χ0n) is 11.6. The lowest BCUT2D eigenvalue weighted by Gasteiger charge is -2.41. The molecule has 0 aliphatic rings. The van der Waals surface area contributed by atoms with Gasteiger partial charge in [-0.1, -0.05) is 40.2 Å². The number of esters is 1. The van der Waals surface area contributed by atoms with Crippen molar-refractivity contribution in [3.05, 3.63) is 12.2 Å². The van der Waals surface area contributed by atoms with Gasteiger partial charge >= 0.3 is 5.97 Å². The van der Waals surface area contributed by atoms with Crippen molar-refractivity contribution in [1.82, 2.24) is 0 Å². The molecule has 16 heavy (non-hydrogen) atoms. The van der Waals surface area contributed by atoms with Crippen LogP contribution in [0.1, 0.15) is 60.8 Å². The van der Waals surface area contributed by atoms with Crippen LogP contribution in [0.25, 0.3) is 0 Å². The van der Waals surface area contributed by atoms with Crippen LogP contribution in [0.2, 0.25) is 0 Å². The van der Waals surface area contributed by atoms with Gasteiger partial charge in [0.25, 0.3) is 0 Å². The molecule has 0 N–H and O–H groups in total. The molecule has 0 saturated carbocycles. The Morgan fingerprint density at radius 2 is 1.75 bits per heavy atom. The summed E-state index contributed by atoms with van der Waals surface area (Å²) in [5.41, 5.74) is -0.0221. The third-order valence-electron chi connectivity index (χ3n) is 3.48. The average Bonchev–Trinajstić information content (AvgIpc) is 2.13. The maximum absolute atomic E-state index is 11.6. The number of carbonyl (C=O) groups is 1. The van der Waals surface area contributed by atoms with Crippen LogP contribution in [-0.4, -0.2) is 11.6 Å². The number of unbranched alkanes of at least 4 members (excludes halogenated alkanes) is 1. The standard InChI is InChI=1S/C14H26O2/c1-8-9-10-13(4,5)14(6,7)16-12(15)11(2)3/h2,8-10H2,1,3-7H3. The van der Waals surface area contributed by atoms with Crippen molar-refractivity contribution in [2.75, 3.05) is 0 Å². The molecular formula is C14H26O2. The van der Waals surface area contributed by atoms with Gasteiger partial charge in [0.1, 0.15) is 5.60 Å². The van der Waals surface area contributed by atoms with E-state index in [1.165, 1.54) is 0 Å². The topological polar surface area (TPSA) is 26.3 Å². The Morgan fingerprint density at radius 1 is 1.25 bits per heavy atom. The summed E-state index contributed by atoms with van der Waals surface area (Å²) < 4.78 is 5.52. The Labute approximate surface area is 100 Å². The van der Waals surface area contributed by atoms with Gasteiger partial charge in [-0.15, -0.1) is 0 Å². The lowest BCUT2D eigenvalue weighted by atomic mass is 9.73. The summed E-state index contributed by atoms with van der Waals surface area (Å²) in [5.74, 6) is -0.297. The zero-order valence-corrected chi connectivity index (χ0v) is 11.6. The zero-order chi connectivity index (χ0) is 13.0. The van der Waals surface area contributed by atoms with Crippen LogP contribution in [0.4, 0.5) is 0 Å². The molecule has 94 valence electrons. The SMILES string of the molecule is C=C(C)C(=O)OC(C)(C)C(C)(C)CCCC. The van der Waals surface area contributed by atoms with Gasteiger partial charge in [-0.25, -0.2) is 4.79 Å². The first-order valence-corrected chi connectivity index (χ1v) is 6.03. The molecule has 0 heterocycles. The summed E-state index contributed by atoms with van der Waals surface area (Å²) in [7, 11) is 0. The third-order valence-corrected chi connectivity index (χ3v) is 3.48. The molecule has 0 bridgehead atoms. The molecule has 0 rings (SSSR count). The highest BCUT2D eigenvalue weighted by Gasteiger charge is 2.39. The van der Waals surface area contributed by atoms with Gasteiger partial charge in [0.15, 0.2) is 0 Å². The van der Waals surface area contributed by atoms with Crippen LogP contribution in [0.15, 0.2) is 12.2 Å². The average molecular weight is 226 g/mol. The highest BCUT2D eigenvalue weighted by molar-refractivity contribution is 5.87. The fourth-order valence-corrected chi connectivity index (χ4v) is 1.38. The second-order valence-corrected chi connectivity index (χ2v) is 5.67. The molecule has 0 spiro atoms. The number of hydrogen-bond donors (Lipinski definition) is 0. The Bertz CT molecular complexity index is 262. The van der Waals surface area contributed by atoms with E-state index in [0.717, 1.165) is 19.3 Å². The largest absolute Gasteiger partial charge is 0.456 e. The molecule has 0 aliphatic carbocycles. The summed E-state index contributed by atoms with van der Waals surface area (Å²) in [5, 5.41) is 0. The van der Waals surface area contributed by atoms with Gasteiger partial charge in [-0.05, 0) is 27.2 Å². The summed E-state index contributed by atoms with van der Waals surface area (Å²) in [6.45, 7) is 15.7. The quantitative estimate of drug-likeness (QED) is 0.503. The summed E-state index contributed by atoms with van der Waals surface area (Å²) in [6, 6.07) is 0. The Hall–Kier alpha value is -0.790. The smallest absolute Gasteiger partial charge is 0.333 e. The van der Waals surface area contributed by atoms with Crippen LogP contribution in [0, 0.1) is 5.41 Å². The van der Waals surface area contributed by atoms with Crippen molar-refractivity contribution < 1.29 is 9.53 Å². The fourth-order valence-electron chi connectivity index (χ4n) is 1.38. The van der Waals surface area contributed by atoms with E-state index in [1.54, 1.807) is 6.92 Å². The minimum absolute atomic E-state index is 0.0197. The molecule has 0 aromatic carbocycles. The van der Waals surface area contributed by atoms with Gasteiger partial charge < -0.3 is 4.74 Å². The number of hydrogen-bond acceptors (Lipinski definition) is 2. The first kappa shape index (κ1) is 15.2. The molecule has 0 aromatic heterocycles. The molecule has 0 fully saturated rings. The maximum atomic E-state index is 11.6. The minimum atomic E-state index is -0.460. The summed E-state index contributed by atoms with van der Waals surface area (Å²) in [6.07, 6.45) is 3.37. The van der Waals surface area contributed by atoms with Gasteiger partial charge in [0.05, 0.1) is 0 Å². The Morgan fingerprint density at radius 3 is 2.12 bits per heavy atom. The van der Waals surface area contributed by atoms with E-state index in [2.05, 4.69) is 27.4 Å². The number of rotatable bonds is 6. The van der Waals surface area contributed by atoms with Crippen LogP contribution >= 0.6 is 0 Å². The molecule has 2 nitrogen and oxygen atoms in total. The lowest BCUT2D eigenvalue weighted by Crippen LogP contribution is -2.43. The van der Waals surface area contributed by atoms with Crippen molar-refractivity contribution in [2.45, 2.75) is 66.4 Å². The Kier molecular flexibility index (Phi) is 5.24. The maximum Gasteiger partial charge on any atom is 0.333 e. The van der Waals surface area contributed by atoms with E-state index < -0.39 is 5.60 Å². The van der Waals surface area contributed by atoms with Gasteiger partial charge in [-0.2, -0.15) is 0 Å². The third kappa shape index (κ3) is 3.99. The van der Waals surface area contributed by atoms with Gasteiger partial charge in [-0.3, -0.25) is 0 Å². The number of carbonyl (C=O) groups excluding carboxylic acids is 1. The highest BCUT2D eigenvalue weighted by atomic mass is 16.6. The lowest BCUT2D eigenvalue weighted by molar-refractivity contribution is -0.164. The van der Waals surface area contributed by atoms with Crippen LogP contribution in [0.5, 0.6) is 0 Å². The second kappa shape index (κ2) is 5.51. The van der Waals surface area contributed by atoms with E-state index >= 15 is 0 Å². The summed E-state index contributed by atoms with van der Waals surface area (Å²) in [4.78, 5) is 11.6. The summed E-state index contributed by atoms with van der Waals surface area (Å²) >= 11 is 0. The molecule has 0 radical (unpaired) electrons. The van der Waals surface area contributed by atoms with Crippen molar-refractivity contribution in [3.63, 3.8) is 0 Å². The molecule has 0 unspecified atom stereocenters. The van der Waals surface area contributed by atoms with Gasteiger partial charge in [0, 0.05) is 11.0 Å². The Balaban J connectivity index is 4.62. The predicted octanol–water partition coefficient (Wildman–Crippen LogP) is 4.10. The van der Waals surface area contributed by atoms with Crippen LogP contribution in [-0.2, 0) is 9.53 Å². The monoisotopic (exact) mass is 226 g/mol. The molecular weight excluding hydrogens is 200 g/mol. The van der Waals surface area contributed by atoms with Crippen molar-refractivity contribution in [3.8, 4) is 0 Å². The molecule has 0 saturated heterocycles. The van der Waals surface area contributed by atoms with E-state index in [9.17, 15) is 4.79 Å². The predicted molar refractivity (Wildman–Crippen MR) is 68.3 cm³/mol. The van der Waals surface area contributed by atoms with Gasteiger partial charge in [0.2, 0.25) is 0 Å². The van der Waals surface area contributed by atoms with E-state index in [4.69, 9.17) is 4.74 Å². The fraction of sp³-hybridized carbons (Fsp3) is 0.786. The first-order chi connectivity index (χ1) is 7.14. The van der Waals surface area contributed by atoms with E-state index in [0.29, 0.717) is 5.57 Å². The normalized spacial score (nSPS) is 12.4. The van der Waals surface area contributed by atoms with Crippen molar-refractivity contribution in [1.29, 1.82) is 0 Å². The van der Waals surface area contributed by atoms with Crippen molar-refractivity contribution >= 4 is 5.97 Å². The van der Waals surface area contributed by atoms with E-state index in [1.807, 2.05) is 13.8 Å². The molecule has 0 atom stereocenters. The van der Waals surface area contributed by atoms with E-state index in [-0.39, 0.29) is 11.4 Å². The molecule has 0 amide bonds.